The van der Waals surface area contributed by atoms with Crippen LogP contribution in [0.5, 0.6) is 0 Å². The second-order valence-electron chi connectivity index (χ2n) is 16.3. The van der Waals surface area contributed by atoms with Crippen molar-refractivity contribution < 1.29 is 43.2 Å². The number of nitrogens with zero attached hydrogens (tertiary/aromatic N) is 6. The summed E-state index contributed by atoms with van der Waals surface area (Å²) in [4.78, 5) is 126. The van der Waals surface area contributed by atoms with E-state index in [1.165, 1.54) is 88.8 Å². The van der Waals surface area contributed by atoms with Gasteiger partial charge in [0.05, 0.1) is 44.5 Å². The molecule has 0 saturated carbocycles. The number of aryl methyl sites for hydroxylation is 5. The Labute approximate surface area is 451 Å². The normalized spacial score (nSPS) is 11.6. The Kier molecular flexibility index (Phi) is 30.8. The summed E-state index contributed by atoms with van der Waals surface area (Å²) in [6.45, 7) is 14.5. The molecular weight excluding hydrogens is 1050 g/mol. The van der Waals surface area contributed by atoms with Gasteiger partial charge in [-0.25, -0.2) is 24.9 Å². The van der Waals surface area contributed by atoms with Crippen LogP contribution in [0.15, 0.2) is 24.8 Å². The van der Waals surface area contributed by atoms with Crippen LogP contribution in [0.1, 0.15) is 177 Å². The van der Waals surface area contributed by atoms with Crippen molar-refractivity contribution in [3.63, 3.8) is 0 Å². The molecule has 5 aromatic rings. The number of hydrogen-bond donors (Lipinski definition) is 3. The van der Waals surface area contributed by atoms with Gasteiger partial charge in [-0.1, -0.05) is 18.5 Å². The van der Waals surface area contributed by atoms with Crippen LogP contribution in [0.2, 0.25) is 5.15 Å². The first kappa shape index (κ1) is 63.9. The number of hydrogen-bond acceptors (Lipinski definition) is 20. The summed E-state index contributed by atoms with van der Waals surface area (Å²) >= 11 is 12.8. The van der Waals surface area contributed by atoms with Crippen molar-refractivity contribution in [2.45, 2.75) is 138 Å². The van der Waals surface area contributed by atoms with Crippen LogP contribution in [0, 0.1) is 34.6 Å². The number of halogens is 1. The number of nitrogens with one attached hydrogen (secondary N) is 1. The predicted molar refractivity (Wildman–Crippen MR) is 290 cm³/mol. The second-order valence-corrected chi connectivity index (χ2v) is 22.8. The van der Waals surface area contributed by atoms with E-state index in [1.807, 2.05) is 41.5 Å². The van der Waals surface area contributed by atoms with Gasteiger partial charge < -0.3 is 21.7 Å². The molecule has 0 aromatic carbocycles. The minimum Gasteiger partial charge on any atom is -0.370 e. The van der Waals surface area contributed by atoms with Crippen molar-refractivity contribution in [2.75, 3.05) is 26.7 Å². The Morgan fingerprint density at radius 2 is 0.932 bits per heavy atom. The summed E-state index contributed by atoms with van der Waals surface area (Å²) in [6, 6.07) is 0. The number of primary amides is 2. The van der Waals surface area contributed by atoms with Crippen molar-refractivity contribution in [3.8, 4) is 0 Å². The Morgan fingerprint density at radius 3 is 1.29 bits per heavy atom. The van der Waals surface area contributed by atoms with Gasteiger partial charge in [-0.2, -0.15) is 0 Å². The molecule has 0 radical (unpaired) electrons. The lowest BCUT2D eigenvalue weighted by Gasteiger charge is -2.13. The summed E-state index contributed by atoms with van der Waals surface area (Å²) in [5, 5.41) is 7.21. The SMILES string of the molecule is CCC(=O)CCCC(=O)c1cnc(C)s1.CNC(=O)CCC(=O)c1cnc(C)s1.Cc1nc(Cl)c(C(=O)CCCN2CCCC2)s1.Cc1ncc(C(=O)CCC(N)=O)s1.Cc1ncc(C(=O)CCCC(N)=O)s1. The molecule has 6 heterocycles. The van der Waals surface area contributed by atoms with Crippen LogP contribution in [-0.2, 0) is 19.2 Å². The van der Waals surface area contributed by atoms with Gasteiger partial charge >= 0.3 is 0 Å². The lowest BCUT2D eigenvalue weighted by atomic mass is 10.1. The number of aromatic nitrogens is 5. The first-order chi connectivity index (χ1) is 34.6. The number of carbonyl (C=O) groups excluding carboxylic acids is 9. The predicted octanol–water partition coefficient (Wildman–Crippen LogP) is 9.30. The Balaban J connectivity index is 0.000000314. The highest BCUT2D eigenvalue weighted by Gasteiger charge is 2.17. The second kappa shape index (κ2) is 35.1. The summed E-state index contributed by atoms with van der Waals surface area (Å²) < 4.78 is 0. The van der Waals surface area contributed by atoms with Gasteiger partial charge in [0.1, 0.15) is 10.7 Å². The fraction of sp³-hybridized carbons (Fsp3) is 0.510. The molecule has 0 unspecified atom stereocenters. The van der Waals surface area contributed by atoms with Crippen molar-refractivity contribution in [1.29, 1.82) is 0 Å². The molecule has 0 bridgehead atoms. The molecule has 18 nitrogen and oxygen atoms in total. The van der Waals surface area contributed by atoms with E-state index in [2.05, 4.69) is 35.1 Å². The average molecular weight is 1120 g/mol. The largest absolute Gasteiger partial charge is 0.370 e. The third kappa shape index (κ3) is 27.1. The number of nitrogens with two attached hydrogens (primary N) is 2. The Hall–Kier alpha value is -5.17. The third-order valence-corrected chi connectivity index (χ3v) is 15.4. The Morgan fingerprint density at radius 1 is 0.534 bits per heavy atom. The van der Waals surface area contributed by atoms with E-state index in [0.29, 0.717) is 74.5 Å². The van der Waals surface area contributed by atoms with E-state index in [4.69, 9.17) is 23.1 Å². The van der Waals surface area contributed by atoms with Gasteiger partial charge in [0.15, 0.2) is 34.1 Å². The number of thiazole rings is 5. The van der Waals surface area contributed by atoms with E-state index in [9.17, 15) is 43.2 Å². The van der Waals surface area contributed by atoms with E-state index in [0.717, 1.165) is 38.0 Å². The van der Waals surface area contributed by atoms with E-state index < -0.39 is 5.91 Å². The fourth-order valence-electron chi connectivity index (χ4n) is 6.25. The molecule has 398 valence electrons. The standard InChI is InChI=1S/C12H17ClN2OS.C11H15NO2S.2C9H12N2O2S.C8H10N2O2S/c1-9-14-12(13)11(17-9)10(16)5-4-8-15-6-2-3-7-15;1-3-9(13)5-4-6-10(14)11-7-12-8(2)15-11;1-6-11-5-8(14-6)7(12)3-4-9(13)10-2;1-6-11-5-8(14-6)7(12)3-2-4-9(10)13;1-5-10-4-7(13-5)6(11)2-3-8(9)12/h2-8H2,1H3;7H,3-6H2,1-2H3;5H,3-4H2,1-2H3,(H,10,13);5H,2-4H2,1H3,(H2,10,13);4H,2-3H2,1H3,(H2,9,12). The first-order valence-corrected chi connectivity index (χ1v) is 28.1. The highest BCUT2D eigenvalue weighted by molar-refractivity contribution is 7.15. The molecule has 5 N–H and O–H groups in total. The summed E-state index contributed by atoms with van der Waals surface area (Å²) in [5.74, 6) is -0.500. The number of ketones is 6. The lowest BCUT2D eigenvalue weighted by molar-refractivity contribution is -0.121. The molecule has 3 amide bonds. The van der Waals surface area contributed by atoms with Gasteiger partial charge in [0.2, 0.25) is 17.7 Å². The number of Topliss-reactive ketones (excluding diaryl/α,β-unsaturated/α-hetero) is 6. The maximum atomic E-state index is 11.9. The van der Waals surface area contributed by atoms with Gasteiger partial charge in [0.25, 0.3) is 0 Å². The van der Waals surface area contributed by atoms with E-state index in [-0.39, 0.29) is 78.6 Å². The highest BCUT2D eigenvalue weighted by atomic mass is 35.5. The van der Waals surface area contributed by atoms with Crippen LogP contribution in [0.4, 0.5) is 0 Å². The minimum absolute atomic E-state index is 0.0146. The van der Waals surface area contributed by atoms with Crippen LogP contribution in [0.3, 0.4) is 0 Å². The van der Waals surface area contributed by atoms with Crippen LogP contribution in [0.25, 0.3) is 0 Å². The van der Waals surface area contributed by atoms with Crippen LogP contribution < -0.4 is 16.8 Å². The minimum atomic E-state index is -0.449. The molecule has 1 aliphatic rings. The monoisotopic (exact) mass is 1120 g/mol. The van der Waals surface area contributed by atoms with Crippen molar-refractivity contribution >= 4 is 121 Å². The Bertz CT molecular complexity index is 2600. The number of likely N-dealkylation sites (tertiary alicyclic amines) is 1. The zero-order valence-corrected chi connectivity index (χ0v) is 47.3. The van der Waals surface area contributed by atoms with Gasteiger partial charge in [0, 0.05) is 96.0 Å². The van der Waals surface area contributed by atoms with Crippen LogP contribution >= 0.6 is 68.3 Å². The smallest absolute Gasteiger partial charge is 0.220 e. The fourth-order valence-corrected chi connectivity index (χ4v) is 10.4. The summed E-state index contributed by atoms with van der Waals surface area (Å²) in [5.41, 5.74) is 9.88. The molecule has 0 atom stereocenters. The molecule has 73 heavy (non-hydrogen) atoms. The lowest BCUT2D eigenvalue weighted by Crippen LogP contribution is -2.20. The zero-order chi connectivity index (χ0) is 54.5. The number of carbonyl (C=O) groups is 9. The maximum absolute atomic E-state index is 11.9. The van der Waals surface area contributed by atoms with Crippen LogP contribution in [-0.4, -0.2) is 109 Å². The van der Waals surface area contributed by atoms with Crippen molar-refractivity contribution in [1.82, 2.24) is 35.1 Å². The molecule has 5 aromatic heterocycles. The molecule has 6 rings (SSSR count). The summed E-state index contributed by atoms with van der Waals surface area (Å²) in [6.07, 6.45) is 14.5. The highest BCUT2D eigenvalue weighted by Crippen LogP contribution is 2.25. The van der Waals surface area contributed by atoms with Gasteiger partial charge in [-0.3, -0.25) is 43.2 Å². The topological polar surface area (TPSA) is 285 Å². The molecular formula is C49H66ClN9O9S5. The molecule has 1 fully saturated rings. The first-order valence-electron chi connectivity index (χ1n) is 23.6. The zero-order valence-electron chi connectivity index (χ0n) is 42.5. The summed E-state index contributed by atoms with van der Waals surface area (Å²) in [7, 11) is 1.56. The van der Waals surface area contributed by atoms with Crippen molar-refractivity contribution in [3.05, 3.63) is 79.4 Å². The molecule has 24 heteroatoms. The quantitative estimate of drug-likeness (QED) is 0.0485. The molecule has 1 aliphatic heterocycles. The molecule has 0 spiro atoms. The van der Waals surface area contributed by atoms with Crippen molar-refractivity contribution in [2.24, 2.45) is 11.5 Å². The third-order valence-electron chi connectivity index (χ3n) is 10.1. The average Bonchev–Trinajstić information content (AvgIpc) is 4.23. The van der Waals surface area contributed by atoms with E-state index >= 15 is 0 Å². The molecule has 1 saturated heterocycles. The number of rotatable bonds is 24. The molecule has 0 aliphatic carbocycles. The van der Waals surface area contributed by atoms with Gasteiger partial charge in [-0.05, 0) is 86.4 Å². The van der Waals surface area contributed by atoms with Gasteiger partial charge in [-0.15, -0.1) is 56.7 Å². The number of amides is 3. The maximum Gasteiger partial charge on any atom is 0.220 e. The van der Waals surface area contributed by atoms with E-state index in [1.54, 1.807) is 25.6 Å².